The van der Waals surface area contributed by atoms with Gasteiger partial charge in [0.1, 0.15) is 17.7 Å². The van der Waals surface area contributed by atoms with E-state index in [1.165, 1.54) is 12.4 Å². The Kier molecular flexibility index (Phi) is 5.56. The Labute approximate surface area is 149 Å². The third kappa shape index (κ3) is 4.67. The molecule has 8 heteroatoms. The van der Waals surface area contributed by atoms with E-state index in [0.717, 1.165) is 11.1 Å². The minimum Gasteiger partial charge on any atom is -0.347 e. The third-order valence-corrected chi connectivity index (χ3v) is 3.48. The summed E-state index contributed by atoms with van der Waals surface area (Å²) in [5.41, 5.74) is 1.97. The number of hydrogen-bond acceptors (Lipinski definition) is 6. The normalized spacial score (nSPS) is 10.2. The number of nitrogens with one attached hydrogen (secondary N) is 2. The molecule has 0 fully saturated rings. The molecular formula is C18H16N6O2. The smallest absolute Gasteiger partial charge is 0.270 e. The van der Waals surface area contributed by atoms with Crippen LogP contribution in [0.2, 0.25) is 0 Å². The first-order valence-electron chi connectivity index (χ1n) is 7.88. The van der Waals surface area contributed by atoms with Crippen LogP contribution in [0.25, 0.3) is 0 Å². The first-order chi connectivity index (χ1) is 12.7. The highest BCUT2D eigenvalue weighted by Gasteiger charge is 2.13. The Morgan fingerprint density at radius 3 is 1.73 bits per heavy atom. The second-order valence-electron chi connectivity index (χ2n) is 5.38. The van der Waals surface area contributed by atoms with E-state index >= 15 is 0 Å². The lowest BCUT2D eigenvalue weighted by atomic mass is 10.2. The van der Waals surface area contributed by atoms with Crippen LogP contribution in [0.1, 0.15) is 32.1 Å². The van der Waals surface area contributed by atoms with Crippen LogP contribution in [0, 0.1) is 0 Å². The Hall–Kier alpha value is -3.68. The van der Waals surface area contributed by atoms with Crippen molar-refractivity contribution in [2.24, 2.45) is 0 Å². The van der Waals surface area contributed by atoms with Crippen LogP contribution in [-0.4, -0.2) is 31.8 Å². The number of amides is 2. The number of aromatic nitrogens is 4. The Morgan fingerprint density at radius 1 is 0.808 bits per heavy atom. The van der Waals surface area contributed by atoms with Gasteiger partial charge < -0.3 is 10.6 Å². The van der Waals surface area contributed by atoms with Crippen LogP contribution in [0.3, 0.4) is 0 Å². The maximum Gasteiger partial charge on any atom is 0.270 e. The molecule has 0 aliphatic carbocycles. The second kappa shape index (κ2) is 8.43. The van der Waals surface area contributed by atoms with Gasteiger partial charge in [0.2, 0.25) is 0 Å². The molecule has 0 unspecified atom stereocenters. The van der Waals surface area contributed by atoms with Gasteiger partial charge in [-0.1, -0.05) is 12.1 Å². The number of carbonyl (C=O) groups excluding carboxylic acids is 2. The minimum atomic E-state index is -0.391. The number of carbonyl (C=O) groups is 2. The maximum absolute atomic E-state index is 12.2. The summed E-state index contributed by atoms with van der Waals surface area (Å²) in [6.07, 6.45) is 7.84. The van der Waals surface area contributed by atoms with Crippen molar-refractivity contribution in [3.63, 3.8) is 0 Å². The van der Waals surface area contributed by atoms with E-state index in [1.54, 1.807) is 36.9 Å². The highest BCUT2D eigenvalue weighted by Crippen LogP contribution is 2.02. The summed E-state index contributed by atoms with van der Waals surface area (Å²) >= 11 is 0. The van der Waals surface area contributed by atoms with Crippen LogP contribution in [0.5, 0.6) is 0 Å². The van der Waals surface area contributed by atoms with Gasteiger partial charge in [-0.25, -0.2) is 9.97 Å². The molecule has 130 valence electrons. The lowest BCUT2D eigenvalue weighted by molar-refractivity contribution is 0.0944. The zero-order valence-corrected chi connectivity index (χ0v) is 13.8. The Morgan fingerprint density at radius 2 is 1.31 bits per heavy atom. The fourth-order valence-electron chi connectivity index (χ4n) is 2.16. The van der Waals surface area contributed by atoms with Crippen molar-refractivity contribution < 1.29 is 9.59 Å². The van der Waals surface area contributed by atoms with Gasteiger partial charge in [0.05, 0.1) is 0 Å². The molecular weight excluding hydrogens is 332 g/mol. The summed E-state index contributed by atoms with van der Waals surface area (Å²) in [7, 11) is 0. The first-order valence-corrected chi connectivity index (χ1v) is 7.88. The maximum atomic E-state index is 12.2. The van der Waals surface area contributed by atoms with Gasteiger partial charge in [-0.15, -0.1) is 0 Å². The molecule has 0 spiro atoms. The fourth-order valence-corrected chi connectivity index (χ4v) is 2.16. The van der Waals surface area contributed by atoms with Crippen LogP contribution in [0.4, 0.5) is 0 Å². The molecule has 0 aliphatic heterocycles. The van der Waals surface area contributed by atoms with E-state index in [9.17, 15) is 9.59 Å². The van der Waals surface area contributed by atoms with Gasteiger partial charge in [-0.2, -0.15) is 0 Å². The van der Waals surface area contributed by atoms with Crippen molar-refractivity contribution in [3.8, 4) is 0 Å². The van der Waals surface area contributed by atoms with Crippen molar-refractivity contribution in [1.82, 2.24) is 30.6 Å². The summed E-state index contributed by atoms with van der Waals surface area (Å²) in [6.45, 7) is 0.637. The number of nitrogens with zero attached hydrogens (tertiary/aromatic N) is 4. The summed E-state index contributed by atoms with van der Waals surface area (Å²) in [5.74, 6) is -0.782. The molecule has 3 heterocycles. The topological polar surface area (TPSA) is 110 Å². The van der Waals surface area contributed by atoms with Crippen molar-refractivity contribution >= 4 is 11.8 Å². The van der Waals surface area contributed by atoms with Crippen molar-refractivity contribution in [2.75, 3.05) is 0 Å². The van der Waals surface area contributed by atoms with E-state index in [4.69, 9.17) is 0 Å². The van der Waals surface area contributed by atoms with Crippen LogP contribution < -0.4 is 10.6 Å². The summed E-state index contributed by atoms with van der Waals surface area (Å²) in [6, 6.07) is 8.64. The third-order valence-electron chi connectivity index (χ3n) is 3.48. The molecule has 3 aromatic heterocycles. The molecule has 3 aromatic rings. The monoisotopic (exact) mass is 348 g/mol. The van der Waals surface area contributed by atoms with Gasteiger partial charge in [0.15, 0.2) is 0 Å². The molecule has 0 saturated heterocycles. The van der Waals surface area contributed by atoms with Gasteiger partial charge in [-0.05, 0) is 23.3 Å². The van der Waals surface area contributed by atoms with Gasteiger partial charge >= 0.3 is 0 Å². The van der Waals surface area contributed by atoms with E-state index in [-0.39, 0.29) is 11.4 Å². The molecule has 0 saturated carbocycles. The van der Waals surface area contributed by atoms with Gasteiger partial charge in [0.25, 0.3) is 11.8 Å². The van der Waals surface area contributed by atoms with Gasteiger partial charge in [0, 0.05) is 43.9 Å². The summed E-state index contributed by atoms with van der Waals surface area (Å²) < 4.78 is 0. The predicted molar refractivity (Wildman–Crippen MR) is 92.8 cm³/mol. The molecule has 26 heavy (non-hydrogen) atoms. The quantitative estimate of drug-likeness (QED) is 0.691. The lowest BCUT2D eigenvalue weighted by Crippen LogP contribution is -2.27. The first kappa shape index (κ1) is 17.2. The zero-order valence-electron chi connectivity index (χ0n) is 13.8. The fraction of sp³-hybridized carbons (Fsp3) is 0.111. The zero-order chi connectivity index (χ0) is 18.2. The lowest BCUT2D eigenvalue weighted by Gasteiger charge is -2.07. The largest absolute Gasteiger partial charge is 0.347 e. The molecule has 0 aliphatic rings. The second-order valence-corrected chi connectivity index (χ2v) is 5.38. The summed E-state index contributed by atoms with van der Waals surface area (Å²) in [5, 5.41) is 5.46. The number of rotatable bonds is 6. The van der Waals surface area contributed by atoms with E-state index in [0.29, 0.717) is 13.1 Å². The number of pyridine rings is 2. The van der Waals surface area contributed by atoms with E-state index < -0.39 is 11.8 Å². The van der Waals surface area contributed by atoms with Crippen LogP contribution in [0.15, 0.2) is 61.4 Å². The van der Waals surface area contributed by atoms with Gasteiger partial charge in [-0.3, -0.25) is 19.6 Å². The predicted octanol–water partition coefficient (Wildman–Crippen LogP) is 1.13. The minimum absolute atomic E-state index is 0.121. The van der Waals surface area contributed by atoms with Crippen LogP contribution in [-0.2, 0) is 13.1 Å². The molecule has 0 aromatic carbocycles. The SMILES string of the molecule is O=C(NCc1cccnc1)c1cc(C(=O)NCc2cccnc2)ncn1. The average Bonchev–Trinajstić information content (AvgIpc) is 2.72. The van der Waals surface area contributed by atoms with Crippen LogP contribution >= 0.6 is 0 Å². The highest BCUT2D eigenvalue weighted by molar-refractivity contribution is 5.97. The Balaban J connectivity index is 1.60. The highest BCUT2D eigenvalue weighted by atomic mass is 16.2. The van der Waals surface area contributed by atoms with Crippen molar-refractivity contribution in [2.45, 2.75) is 13.1 Å². The van der Waals surface area contributed by atoms with E-state index in [2.05, 4.69) is 30.6 Å². The average molecular weight is 348 g/mol. The van der Waals surface area contributed by atoms with Crippen molar-refractivity contribution in [3.05, 3.63) is 84.0 Å². The molecule has 0 bridgehead atoms. The Bertz CT molecular complexity index is 816. The molecule has 2 amide bonds. The molecule has 8 nitrogen and oxygen atoms in total. The molecule has 0 atom stereocenters. The van der Waals surface area contributed by atoms with E-state index in [1.807, 2.05) is 12.1 Å². The molecule has 0 radical (unpaired) electrons. The standard InChI is InChI=1S/C18H16N6O2/c25-17(21-10-13-3-1-5-19-8-13)15-7-16(24-12-23-15)18(26)22-11-14-4-2-6-20-9-14/h1-9,12H,10-11H2,(H,21,25)(H,22,26). The number of hydrogen-bond donors (Lipinski definition) is 2. The summed E-state index contributed by atoms with van der Waals surface area (Å²) in [4.78, 5) is 40.2. The molecule has 3 rings (SSSR count). The van der Waals surface area contributed by atoms with Crippen molar-refractivity contribution in [1.29, 1.82) is 0 Å². The molecule has 2 N–H and O–H groups in total.